The van der Waals surface area contributed by atoms with E-state index in [1.165, 1.54) is 40.0 Å². The molecular weight excluding hydrogens is 438 g/mol. The van der Waals surface area contributed by atoms with Gasteiger partial charge < -0.3 is 10.1 Å². The van der Waals surface area contributed by atoms with Crippen LogP contribution in [-0.2, 0) is 22.4 Å². The number of rotatable bonds is 7. The molecule has 6 nitrogen and oxygen atoms in total. The van der Waals surface area contributed by atoms with Crippen molar-refractivity contribution in [3.63, 3.8) is 0 Å². The summed E-state index contributed by atoms with van der Waals surface area (Å²) in [6, 6.07) is 8.23. The topological polar surface area (TPSA) is 81.2 Å². The van der Waals surface area contributed by atoms with Crippen LogP contribution in [0.1, 0.15) is 39.8 Å². The van der Waals surface area contributed by atoms with Gasteiger partial charge in [-0.3, -0.25) is 4.79 Å². The maximum absolute atomic E-state index is 12.7. The van der Waals surface area contributed by atoms with Gasteiger partial charge in [0, 0.05) is 17.1 Å². The van der Waals surface area contributed by atoms with Crippen LogP contribution < -0.4 is 5.32 Å². The van der Waals surface area contributed by atoms with Crippen LogP contribution in [0.2, 0.25) is 0 Å². The average molecular weight is 460 g/mol. The highest BCUT2D eigenvalue weighted by Crippen LogP contribution is 2.45. The van der Waals surface area contributed by atoms with Gasteiger partial charge in [-0.05, 0) is 43.4 Å². The van der Waals surface area contributed by atoms with E-state index in [0.717, 1.165) is 38.2 Å². The maximum Gasteiger partial charge on any atom is 0.341 e. The number of thiophene rings is 1. The number of fused-ring (bicyclic) bond motifs is 3. The molecule has 1 aliphatic rings. The minimum Gasteiger partial charge on any atom is -0.462 e. The summed E-state index contributed by atoms with van der Waals surface area (Å²) in [6.45, 7) is 3.99. The molecule has 4 rings (SSSR count). The number of carbonyl (C=O) groups excluding carboxylic acids is 2. The lowest BCUT2D eigenvalue weighted by Gasteiger charge is -2.16. The number of ether oxygens (including phenoxy) is 1. The minimum atomic E-state index is -0.372. The summed E-state index contributed by atoms with van der Waals surface area (Å²) >= 11 is 4.49. The van der Waals surface area contributed by atoms with Crippen molar-refractivity contribution in [2.24, 2.45) is 0 Å². The molecule has 1 aliphatic carbocycles. The van der Waals surface area contributed by atoms with Gasteiger partial charge in [0.05, 0.1) is 12.2 Å². The number of anilines is 1. The number of nitrogens with one attached hydrogen (secondary N) is 1. The molecule has 0 atom stereocenters. The normalized spacial score (nSPS) is 12.2. The summed E-state index contributed by atoms with van der Waals surface area (Å²) in [5.74, 6) is 0.105. The number of nitrogens with zero attached hydrogens (tertiary/aromatic N) is 2. The molecule has 0 aliphatic heterocycles. The lowest BCUT2D eigenvalue weighted by molar-refractivity contribution is -0.115. The fraction of sp³-hybridized carbons (Fsp3) is 0.333. The van der Waals surface area contributed by atoms with Gasteiger partial charge in [-0.25, -0.2) is 4.79 Å². The zero-order valence-electron chi connectivity index (χ0n) is 16.7. The second-order valence-electron chi connectivity index (χ2n) is 6.73. The number of thioether (sulfide) groups is 1. The lowest BCUT2D eigenvalue weighted by Crippen LogP contribution is -2.16. The second-order valence-corrected chi connectivity index (χ2v) is 10.3. The molecule has 2 heterocycles. The van der Waals surface area contributed by atoms with Crippen LogP contribution in [0.25, 0.3) is 10.4 Å². The van der Waals surface area contributed by atoms with Gasteiger partial charge in [-0.2, -0.15) is 0 Å². The molecule has 30 heavy (non-hydrogen) atoms. The Morgan fingerprint density at radius 2 is 2.03 bits per heavy atom. The summed E-state index contributed by atoms with van der Waals surface area (Å²) in [7, 11) is 0. The van der Waals surface area contributed by atoms with Gasteiger partial charge in [-0.1, -0.05) is 47.4 Å². The summed E-state index contributed by atoms with van der Waals surface area (Å²) in [5.41, 5.74) is 3.89. The summed E-state index contributed by atoms with van der Waals surface area (Å²) in [5, 5.41) is 12.5. The van der Waals surface area contributed by atoms with Crippen molar-refractivity contribution < 1.29 is 14.3 Å². The summed E-state index contributed by atoms with van der Waals surface area (Å²) in [6.07, 6.45) is 1.96. The molecule has 0 saturated carbocycles. The zero-order valence-corrected chi connectivity index (χ0v) is 19.1. The van der Waals surface area contributed by atoms with Crippen molar-refractivity contribution in [1.82, 2.24) is 10.2 Å². The van der Waals surface area contributed by atoms with Crippen LogP contribution in [0.3, 0.4) is 0 Å². The van der Waals surface area contributed by atoms with Crippen molar-refractivity contribution in [3.8, 4) is 10.4 Å². The van der Waals surface area contributed by atoms with Crippen LogP contribution >= 0.6 is 34.4 Å². The fourth-order valence-electron chi connectivity index (χ4n) is 3.40. The zero-order chi connectivity index (χ0) is 21.1. The van der Waals surface area contributed by atoms with E-state index in [1.807, 2.05) is 19.1 Å². The largest absolute Gasteiger partial charge is 0.462 e. The maximum atomic E-state index is 12.7. The van der Waals surface area contributed by atoms with E-state index in [2.05, 4.69) is 27.6 Å². The smallest absolute Gasteiger partial charge is 0.341 e. The van der Waals surface area contributed by atoms with E-state index in [4.69, 9.17) is 4.74 Å². The quantitative estimate of drug-likeness (QED) is 0.397. The molecule has 156 valence electrons. The van der Waals surface area contributed by atoms with E-state index in [1.54, 1.807) is 6.92 Å². The fourth-order valence-corrected chi connectivity index (χ4v) is 6.54. The molecule has 2 aromatic heterocycles. The van der Waals surface area contributed by atoms with E-state index in [0.29, 0.717) is 29.3 Å². The first-order valence-corrected chi connectivity index (χ1v) is 12.3. The number of carbonyl (C=O) groups is 2. The molecular formula is C21H21N3O3S3. The predicted octanol–water partition coefficient (Wildman–Crippen LogP) is 4.97. The van der Waals surface area contributed by atoms with Gasteiger partial charge in [0.1, 0.15) is 10.0 Å². The standard InChI is InChI=1S/C21H21N3O3S3/c1-3-27-20(26)17-15-9-8-13-6-4-5-7-14(13)18(15)30-19(17)22-16(25)10-11-28-21-24-23-12(2)29-21/h4-7H,3,8-11H2,1-2H3,(H,22,25). The molecule has 0 bridgehead atoms. The van der Waals surface area contributed by atoms with Crippen molar-refractivity contribution in [3.05, 3.63) is 46.0 Å². The Balaban J connectivity index is 1.54. The number of aromatic nitrogens is 2. The van der Waals surface area contributed by atoms with Gasteiger partial charge >= 0.3 is 5.97 Å². The molecule has 1 amide bonds. The number of esters is 1. The number of amides is 1. The van der Waals surface area contributed by atoms with Gasteiger partial charge in [0.15, 0.2) is 4.34 Å². The third-order valence-electron chi connectivity index (χ3n) is 4.71. The summed E-state index contributed by atoms with van der Waals surface area (Å²) in [4.78, 5) is 26.4. The Bertz CT molecular complexity index is 1090. The molecule has 0 fully saturated rings. The van der Waals surface area contributed by atoms with Crippen LogP contribution in [0, 0.1) is 6.92 Å². The van der Waals surface area contributed by atoms with Crippen molar-refractivity contribution in [2.45, 2.75) is 37.4 Å². The first-order valence-electron chi connectivity index (χ1n) is 9.70. The Labute approximate surface area is 187 Å². The minimum absolute atomic E-state index is 0.124. The Morgan fingerprint density at radius 1 is 1.20 bits per heavy atom. The lowest BCUT2D eigenvalue weighted by atomic mass is 9.89. The molecule has 3 aromatic rings. The Kier molecular flexibility index (Phi) is 6.50. The second kappa shape index (κ2) is 9.28. The first-order chi connectivity index (χ1) is 14.6. The van der Waals surface area contributed by atoms with E-state index in [9.17, 15) is 9.59 Å². The number of hydrogen-bond donors (Lipinski definition) is 1. The van der Waals surface area contributed by atoms with Crippen molar-refractivity contribution in [1.29, 1.82) is 0 Å². The Hall–Kier alpha value is -2.23. The first kappa shape index (κ1) is 21.0. The molecule has 1 N–H and O–H groups in total. The van der Waals surface area contributed by atoms with Crippen molar-refractivity contribution >= 4 is 51.3 Å². The monoisotopic (exact) mass is 459 g/mol. The molecule has 1 aromatic carbocycles. The highest BCUT2D eigenvalue weighted by atomic mass is 32.2. The van der Waals surface area contributed by atoms with Crippen LogP contribution in [0.5, 0.6) is 0 Å². The summed E-state index contributed by atoms with van der Waals surface area (Å²) < 4.78 is 6.16. The average Bonchev–Trinajstić information content (AvgIpc) is 3.31. The molecule has 0 spiro atoms. The number of hydrogen-bond acceptors (Lipinski definition) is 8. The number of benzene rings is 1. The van der Waals surface area contributed by atoms with Crippen LogP contribution in [0.4, 0.5) is 5.00 Å². The molecule has 0 saturated heterocycles. The SMILES string of the molecule is CCOC(=O)c1c(NC(=O)CCSc2nnc(C)s2)sc2c1CCc1ccccc1-2. The van der Waals surface area contributed by atoms with Crippen molar-refractivity contribution in [2.75, 3.05) is 17.7 Å². The van der Waals surface area contributed by atoms with Gasteiger partial charge in [-0.15, -0.1) is 21.5 Å². The van der Waals surface area contributed by atoms with Crippen LogP contribution in [0.15, 0.2) is 28.6 Å². The highest BCUT2D eigenvalue weighted by Gasteiger charge is 2.29. The van der Waals surface area contributed by atoms with Gasteiger partial charge in [0.25, 0.3) is 0 Å². The van der Waals surface area contributed by atoms with E-state index < -0.39 is 0 Å². The Morgan fingerprint density at radius 3 is 2.80 bits per heavy atom. The van der Waals surface area contributed by atoms with E-state index in [-0.39, 0.29) is 11.9 Å². The molecule has 9 heteroatoms. The van der Waals surface area contributed by atoms with Crippen LogP contribution in [-0.4, -0.2) is 34.4 Å². The van der Waals surface area contributed by atoms with Gasteiger partial charge in [0.2, 0.25) is 5.91 Å². The molecule has 0 unspecified atom stereocenters. The predicted molar refractivity (Wildman–Crippen MR) is 122 cm³/mol. The third-order valence-corrected chi connectivity index (χ3v) is 7.86. The number of aryl methyl sites for hydroxylation is 2. The third kappa shape index (κ3) is 4.43. The van der Waals surface area contributed by atoms with E-state index >= 15 is 0 Å². The molecule has 0 radical (unpaired) electrons. The highest BCUT2D eigenvalue weighted by molar-refractivity contribution is 8.01.